The molecule has 2 N–H and O–H groups in total. The van der Waals surface area contributed by atoms with Crippen LogP contribution in [0.5, 0.6) is 0 Å². The van der Waals surface area contributed by atoms with Gasteiger partial charge in [-0.15, -0.1) is 0 Å². The van der Waals surface area contributed by atoms with Crippen LogP contribution in [0.25, 0.3) is 0 Å². The second-order valence-electron chi connectivity index (χ2n) is 5.08. The first-order chi connectivity index (χ1) is 7.94. The zero-order valence-electron chi connectivity index (χ0n) is 10.7. The summed E-state index contributed by atoms with van der Waals surface area (Å²) in [6.07, 6.45) is 4.89. The Labute approximate surface area is 102 Å². The molecule has 0 aromatic carbocycles. The third-order valence-electron chi connectivity index (χ3n) is 2.71. The van der Waals surface area contributed by atoms with Gasteiger partial charge < -0.3 is 10.4 Å². The van der Waals surface area contributed by atoms with Crippen LogP contribution in [-0.2, 0) is 7.05 Å². The summed E-state index contributed by atoms with van der Waals surface area (Å²) in [4.78, 5) is 11.8. The van der Waals surface area contributed by atoms with Crippen molar-refractivity contribution in [3.8, 4) is 0 Å². The quantitative estimate of drug-likeness (QED) is 0.776. The topological polar surface area (TPSA) is 67.2 Å². The predicted octanol–water partition coefficient (Wildman–Crippen LogP) is 0.949. The van der Waals surface area contributed by atoms with E-state index in [4.69, 9.17) is 5.11 Å². The standard InChI is InChI=1S/C12H21N3O2/c1-12(2,5-4-6-16)9-13-11(17)10-7-14-15(3)8-10/h7-8,16H,4-6,9H2,1-3H3,(H,13,17). The average molecular weight is 239 g/mol. The molecule has 0 atom stereocenters. The molecule has 1 rings (SSSR count). The summed E-state index contributed by atoms with van der Waals surface area (Å²) in [6, 6.07) is 0. The van der Waals surface area contributed by atoms with E-state index < -0.39 is 0 Å². The van der Waals surface area contributed by atoms with E-state index in [2.05, 4.69) is 24.3 Å². The van der Waals surface area contributed by atoms with Crippen LogP contribution >= 0.6 is 0 Å². The fraction of sp³-hybridized carbons (Fsp3) is 0.667. The second-order valence-corrected chi connectivity index (χ2v) is 5.08. The Balaban J connectivity index is 2.42. The lowest BCUT2D eigenvalue weighted by molar-refractivity contribution is 0.0933. The van der Waals surface area contributed by atoms with E-state index in [1.54, 1.807) is 24.1 Å². The van der Waals surface area contributed by atoms with Gasteiger partial charge in [0.1, 0.15) is 0 Å². The Morgan fingerprint density at radius 2 is 2.29 bits per heavy atom. The van der Waals surface area contributed by atoms with Gasteiger partial charge in [-0.3, -0.25) is 9.48 Å². The molecule has 17 heavy (non-hydrogen) atoms. The van der Waals surface area contributed by atoms with E-state index in [0.29, 0.717) is 12.1 Å². The highest BCUT2D eigenvalue weighted by molar-refractivity contribution is 5.93. The lowest BCUT2D eigenvalue weighted by Gasteiger charge is -2.24. The molecule has 0 aliphatic carbocycles. The van der Waals surface area contributed by atoms with E-state index in [0.717, 1.165) is 12.8 Å². The molecule has 0 aliphatic heterocycles. The van der Waals surface area contributed by atoms with Crippen LogP contribution < -0.4 is 5.32 Å². The number of carbonyl (C=O) groups is 1. The van der Waals surface area contributed by atoms with Crippen LogP contribution in [0.3, 0.4) is 0 Å². The number of hydrogen-bond donors (Lipinski definition) is 2. The van der Waals surface area contributed by atoms with Gasteiger partial charge in [0.2, 0.25) is 0 Å². The van der Waals surface area contributed by atoms with Gasteiger partial charge in [-0.25, -0.2) is 0 Å². The molecule has 1 amide bonds. The first-order valence-corrected chi connectivity index (χ1v) is 5.82. The highest BCUT2D eigenvalue weighted by atomic mass is 16.2. The lowest BCUT2D eigenvalue weighted by atomic mass is 9.88. The molecule has 5 heteroatoms. The third kappa shape index (κ3) is 4.56. The number of nitrogens with zero attached hydrogens (tertiary/aromatic N) is 2. The van der Waals surface area contributed by atoms with Crippen LogP contribution in [0.1, 0.15) is 37.0 Å². The van der Waals surface area contributed by atoms with E-state index >= 15 is 0 Å². The third-order valence-corrected chi connectivity index (χ3v) is 2.71. The smallest absolute Gasteiger partial charge is 0.254 e. The zero-order valence-corrected chi connectivity index (χ0v) is 10.7. The van der Waals surface area contributed by atoms with E-state index in [-0.39, 0.29) is 17.9 Å². The summed E-state index contributed by atoms with van der Waals surface area (Å²) in [6.45, 7) is 4.94. The molecule has 5 nitrogen and oxygen atoms in total. The Kier molecular flexibility index (Phi) is 4.69. The summed E-state index contributed by atoms with van der Waals surface area (Å²) in [5.41, 5.74) is 0.575. The van der Waals surface area contributed by atoms with Crippen molar-refractivity contribution < 1.29 is 9.90 Å². The normalized spacial score (nSPS) is 11.5. The molecule has 1 aromatic heterocycles. The van der Waals surface area contributed by atoms with Gasteiger partial charge >= 0.3 is 0 Å². The van der Waals surface area contributed by atoms with Crippen molar-refractivity contribution >= 4 is 5.91 Å². The monoisotopic (exact) mass is 239 g/mol. The maximum Gasteiger partial charge on any atom is 0.254 e. The first kappa shape index (κ1) is 13.7. The first-order valence-electron chi connectivity index (χ1n) is 5.82. The molecule has 0 fully saturated rings. The SMILES string of the molecule is Cn1cc(C(=O)NCC(C)(C)CCCO)cn1. The van der Waals surface area contributed by atoms with Crippen LogP contribution in [0.2, 0.25) is 0 Å². The number of rotatable bonds is 6. The molecule has 0 saturated heterocycles. The summed E-state index contributed by atoms with van der Waals surface area (Å²) in [5, 5.41) is 15.6. The predicted molar refractivity (Wildman–Crippen MR) is 65.6 cm³/mol. The lowest BCUT2D eigenvalue weighted by Crippen LogP contribution is -2.34. The molecule has 1 heterocycles. The number of aryl methyl sites for hydroxylation is 1. The molecule has 0 radical (unpaired) electrons. The average Bonchev–Trinajstić information content (AvgIpc) is 2.70. The van der Waals surface area contributed by atoms with E-state index in [9.17, 15) is 4.79 Å². The summed E-state index contributed by atoms with van der Waals surface area (Å²) in [7, 11) is 1.78. The van der Waals surface area contributed by atoms with Gasteiger partial charge in [-0.1, -0.05) is 13.8 Å². The summed E-state index contributed by atoms with van der Waals surface area (Å²) >= 11 is 0. The van der Waals surface area contributed by atoms with Gasteiger partial charge in [0.05, 0.1) is 11.8 Å². The fourth-order valence-electron chi connectivity index (χ4n) is 1.61. The summed E-state index contributed by atoms with van der Waals surface area (Å²) in [5.74, 6) is -0.102. The zero-order chi connectivity index (χ0) is 12.9. The maximum absolute atomic E-state index is 11.8. The van der Waals surface area contributed by atoms with Gasteiger partial charge in [-0.2, -0.15) is 5.10 Å². The largest absolute Gasteiger partial charge is 0.396 e. The maximum atomic E-state index is 11.8. The fourth-order valence-corrected chi connectivity index (χ4v) is 1.61. The molecular weight excluding hydrogens is 218 g/mol. The van der Waals surface area contributed by atoms with E-state index in [1.807, 2.05) is 0 Å². The molecule has 0 aliphatic rings. The number of aliphatic hydroxyl groups is 1. The highest BCUT2D eigenvalue weighted by Crippen LogP contribution is 2.20. The second kappa shape index (κ2) is 5.82. The van der Waals surface area contributed by atoms with Crippen LogP contribution in [0, 0.1) is 5.41 Å². The van der Waals surface area contributed by atoms with Crippen molar-refractivity contribution in [2.24, 2.45) is 12.5 Å². The number of nitrogens with one attached hydrogen (secondary N) is 1. The molecule has 96 valence electrons. The van der Waals surface area contributed by atoms with Crippen LogP contribution in [0.15, 0.2) is 12.4 Å². The number of aromatic nitrogens is 2. The Morgan fingerprint density at radius 3 is 2.82 bits per heavy atom. The van der Waals surface area contributed by atoms with Crippen molar-refractivity contribution in [2.45, 2.75) is 26.7 Å². The number of carbonyl (C=O) groups excluding carboxylic acids is 1. The van der Waals surface area contributed by atoms with Crippen molar-refractivity contribution in [3.05, 3.63) is 18.0 Å². The summed E-state index contributed by atoms with van der Waals surface area (Å²) < 4.78 is 1.60. The van der Waals surface area contributed by atoms with Crippen molar-refractivity contribution in [3.63, 3.8) is 0 Å². The molecule has 0 bridgehead atoms. The van der Waals surface area contributed by atoms with Gasteiger partial charge in [0.25, 0.3) is 5.91 Å². The van der Waals surface area contributed by atoms with Gasteiger partial charge in [-0.05, 0) is 18.3 Å². The minimum Gasteiger partial charge on any atom is -0.396 e. The minimum absolute atomic E-state index is 0.000594. The van der Waals surface area contributed by atoms with Gasteiger partial charge in [0.15, 0.2) is 0 Å². The van der Waals surface area contributed by atoms with Gasteiger partial charge in [0, 0.05) is 26.4 Å². The Hall–Kier alpha value is -1.36. The van der Waals surface area contributed by atoms with E-state index in [1.165, 1.54) is 0 Å². The molecule has 0 saturated carbocycles. The number of aliphatic hydroxyl groups excluding tert-OH is 1. The minimum atomic E-state index is -0.102. The Morgan fingerprint density at radius 1 is 1.59 bits per heavy atom. The van der Waals surface area contributed by atoms with Crippen molar-refractivity contribution in [2.75, 3.05) is 13.2 Å². The van der Waals surface area contributed by atoms with Crippen molar-refractivity contribution in [1.82, 2.24) is 15.1 Å². The highest BCUT2D eigenvalue weighted by Gasteiger charge is 2.19. The number of amides is 1. The molecule has 0 unspecified atom stereocenters. The number of hydrogen-bond acceptors (Lipinski definition) is 3. The molecule has 0 spiro atoms. The Bertz CT molecular complexity index is 372. The van der Waals surface area contributed by atoms with Crippen molar-refractivity contribution in [1.29, 1.82) is 0 Å². The molecular formula is C12H21N3O2. The van der Waals surface area contributed by atoms with Crippen LogP contribution in [0.4, 0.5) is 0 Å². The van der Waals surface area contributed by atoms with Crippen LogP contribution in [-0.4, -0.2) is 33.9 Å². The molecule has 1 aromatic rings.